The van der Waals surface area contributed by atoms with E-state index < -0.39 is 5.92 Å². The van der Waals surface area contributed by atoms with E-state index in [0.717, 1.165) is 16.6 Å². The summed E-state index contributed by atoms with van der Waals surface area (Å²) in [6.07, 6.45) is 0. The van der Waals surface area contributed by atoms with E-state index in [1.54, 1.807) is 0 Å². The molecule has 2 unspecified atom stereocenters. The number of carbonyl (C=O) groups is 1. The van der Waals surface area contributed by atoms with Crippen molar-refractivity contribution in [3.05, 3.63) is 59.7 Å². The third-order valence-corrected chi connectivity index (χ3v) is 4.79. The molecular weight excluding hydrogens is 312 g/mol. The van der Waals surface area contributed by atoms with Crippen molar-refractivity contribution < 1.29 is 4.79 Å². The van der Waals surface area contributed by atoms with Gasteiger partial charge in [-0.05, 0) is 29.2 Å². The van der Waals surface area contributed by atoms with Gasteiger partial charge in [0.2, 0.25) is 11.9 Å². The van der Waals surface area contributed by atoms with Crippen molar-refractivity contribution in [1.29, 1.82) is 5.26 Å². The second-order valence-electron chi connectivity index (χ2n) is 6.66. The van der Waals surface area contributed by atoms with Gasteiger partial charge in [0.05, 0.1) is 23.1 Å². The minimum atomic E-state index is -0.796. The highest BCUT2D eigenvalue weighted by Gasteiger charge is 2.38. The maximum absolute atomic E-state index is 12.4. The van der Waals surface area contributed by atoms with Crippen molar-refractivity contribution in [3.8, 4) is 6.07 Å². The highest BCUT2D eigenvalue weighted by Crippen LogP contribution is 2.37. The van der Waals surface area contributed by atoms with Crippen molar-refractivity contribution in [2.45, 2.75) is 25.8 Å². The minimum absolute atomic E-state index is 0.303. The fourth-order valence-electron chi connectivity index (χ4n) is 3.44. The van der Waals surface area contributed by atoms with Gasteiger partial charge in [-0.1, -0.05) is 50.2 Å². The maximum Gasteiger partial charge on any atom is 0.246 e. The lowest BCUT2D eigenvalue weighted by atomic mass is 9.90. The van der Waals surface area contributed by atoms with Gasteiger partial charge in [0.25, 0.3) is 0 Å². The molecule has 1 aliphatic rings. The average molecular weight is 330 g/mol. The SMILES string of the molecule is CC(C)c1ccc(C2C(C#N)C(=O)Nc3nc4ccccc4n32)cc1. The van der Waals surface area contributed by atoms with E-state index in [0.29, 0.717) is 11.9 Å². The number of nitriles is 1. The number of nitrogens with one attached hydrogen (secondary N) is 1. The first-order chi connectivity index (χ1) is 12.1. The highest BCUT2D eigenvalue weighted by molar-refractivity contribution is 5.97. The number of para-hydroxylation sites is 2. The number of nitrogens with zero attached hydrogens (tertiary/aromatic N) is 3. The predicted octanol–water partition coefficient (Wildman–Crippen LogP) is 3.84. The predicted molar refractivity (Wildman–Crippen MR) is 96.1 cm³/mol. The number of aromatic nitrogens is 2. The summed E-state index contributed by atoms with van der Waals surface area (Å²) in [6, 6.07) is 17.7. The van der Waals surface area contributed by atoms with E-state index in [9.17, 15) is 10.1 Å². The van der Waals surface area contributed by atoms with E-state index in [-0.39, 0.29) is 11.9 Å². The molecule has 2 aromatic carbocycles. The van der Waals surface area contributed by atoms with Crippen molar-refractivity contribution >= 4 is 22.9 Å². The third-order valence-electron chi connectivity index (χ3n) is 4.79. The van der Waals surface area contributed by atoms with Crippen LogP contribution in [0.15, 0.2) is 48.5 Å². The number of fused-ring (bicyclic) bond motifs is 3. The summed E-state index contributed by atoms with van der Waals surface area (Å²) < 4.78 is 1.97. The molecule has 0 aliphatic carbocycles. The Hall–Kier alpha value is -3.13. The highest BCUT2D eigenvalue weighted by atomic mass is 16.2. The normalized spacial score (nSPS) is 19.5. The van der Waals surface area contributed by atoms with Gasteiger partial charge in [0.1, 0.15) is 0 Å². The Labute approximate surface area is 145 Å². The van der Waals surface area contributed by atoms with Crippen molar-refractivity contribution in [1.82, 2.24) is 9.55 Å². The van der Waals surface area contributed by atoms with Crippen LogP contribution in [0.2, 0.25) is 0 Å². The Kier molecular flexibility index (Phi) is 3.54. The number of amides is 1. The zero-order valence-electron chi connectivity index (χ0n) is 14.1. The van der Waals surface area contributed by atoms with Crippen molar-refractivity contribution in [2.24, 2.45) is 5.92 Å². The molecule has 0 saturated heterocycles. The van der Waals surface area contributed by atoms with Crippen LogP contribution in [0.5, 0.6) is 0 Å². The number of imidazole rings is 1. The van der Waals surface area contributed by atoms with Gasteiger partial charge >= 0.3 is 0 Å². The third kappa shape index (κ3) is 2.38. The molecule has 0 radical (unpaired) electrons. The molecule has 0 bridgehead atoms. The van der Waals surface area contributed by atoms with Gasteiger partial charge in [-0.2, -0.15) is 5.26 Å². The van der Waals surface area contributed by atoms with Crippen LogP contribution < -0.4 is 5.32 Å². The Morgan fingerprint density at radius 3 is 2.56 bits per heavy atom. The summed E-state index contributed by atoms with van der Waals surface area (Å²) >= 11 is 0. The monoisotopic (exact) mass is 330 g/mol. The van der Waals surface area contributed by atoms with Crippen molar-refractivity contribution in [2.75, 3.05) is 5.32 Å². The molecule has 1 amide bonds. The molecule has 0 spiro atoms. The first-order valence-corrected chi connectivity index (χ1v) is 8.37. The Balaban J connectivity index is 1.93. The smallest absolute Gasteiger partial charge is 0.246 e. The largest absolute Gasteiger partial charge is 0.300 e. The molecule has 1 N–H and O–H groups in total. The fraction of sp³-hybridized carbons (Fsp3) is 0.250. The molecule has 1 aromatic heterocycles. The molecule has 1 aliphatic heterocycles. The molecule has 3 aromatic rings. The Bertz CT molecular complexity index is 995. The molecule has 0 fully saturated rings. The number of hydrogen-bond donors (Lipinski definition) is 1. The van der Waals surface area contributed by atoms with Crippen LogP contribution >= 0.6 is 0 Å². The standard InChI is InChI=1S/C20H18N4O/c1-12(2)13-7-9-14(10-8-13)18-15(11-21)19(25)23-20-22-16-5-3-4-6-17(16)24(18)20/h3-10,12,15,18H,1-2H3,(H,22,23,25). The van der Waals surface area contributed by atoms with Crippen LogP contribution in [-0.4, -0.2) is 15.5 Å². The summed E-state index contributed by atoms with van der Waals surface area (Å²) in [6.45, 7) is 4.28. The van der Waals surface area contributed by atoms with Crippen LogP contribution in [0.25, 0.3) is 11.0 Å². The molecule has 5 nitrogen and oxygen atoms in total. The number of hydrogen-bond acceptors (Lipinski definition) is 3. The lowest BCUT2D eigenvalue weighted by Crippen LogP contribution is -2.37. The molecule has 0 saturated carbocycles. The zero-order valence-corrected chi connectivity index (χ0v) is 14.1. The summed E-state index contributed by atoms with van der Waals surface area (Å²) in [5.74, 6) is -0.172. The second-order valence-corrected chi connectivity index (χ2v) is 6.66. The first kappa shape index (κ1) is 15.4. The number of carbonyl (C=O) groups excluding carboxylic acids is 1. The average Bonchev–Trinajstić information content (AvgIpc) is 2.98. The van der Waals surface area contributed by atoms with Crippen molar-refractivity contribution in [3.63, 3.8) is 0 Å². The van der Waals surface area contributed by atoms with Gasteiger partial charge in [-0.25, -0.2) is 4.98 Å². The first-order valence-electron chi connectivity index (χ1n) is 8.37. The number of anilines is 1. The quantitative estimate of drug-likeness (QED) is 0.776. The van der Waals surface area contributed by atoms with E-state index >= 15 is 0 Å². The molecule has 5 heteroatoms. The van der Waals surface area contributed by atoms with Crippen LogP contribution in [0.4, 0.5) is 5.95 Å². The summed E-state index contributed by atoms with van der Waals surface area (Å²) in [5, 5.41) is 12.4. The van der Waals surface area contributed by atoms with Gasteiger partial charge in [0.15, 0.2) is 5.92 Å². The summed E-state index contributed by atoms with van der Waals surface area (Å²) in [5.41, 5.74) is 3.89. The molecule has 25 heavy (non-hydrogen) atoms. The summed E-state index contributed by atoms with van der Waals surface area (Å²) in [7, 11) is 0. The van der Waals surface area contributed by atoms with Gasteiger partial charge in [-0.3, -0.25) is 10.1 Å². The lowest BCUT2D eigenvalue weighted by molar-refractivity contribution is -0.119. The molecule has 4 rings (SSSR count). The molecule has 2 heterocycles. The topological polar surface area (TPSA) is 70.7 Å². The van der Waals surface area contributed by atoms with Crippen LogP contribution in [0, 0.1) is 17.2 Å². The molecule has 124 valence electrons. The van der Waals surface area contributed by atoms with Crippen LogP contribution in [0.3, 0.4) is 0 Å². The number of benzene rings is 2. The van der Waals surface area contributed by atoms with Crippen LogP contribution in [-0.2, 0) is 4.79 Å². The van der Waals surface area contributed by atoms with E-state index in [1.807, 2.05) is 41.0 Å². The van der Waals surface area contributed by atoms with Gasteiger partial charge < -0.3 is 4.57 Å². The minimum Gasteiger partial charge on any atom is -0.300 e. The van der Waals surface area contributed by atoms with E-state index in [1.165, 1.54) is 5.56 Å². The summed E-state index contributed by atoms with van der Waals surface area (Å²) in [4.78, 5) is 17.0. The Morgan fingerprint density at radius 1 is 1.16 bits per heavy atom. The van der Waals surface area contributed by atoms with E-state index in [4.69, 9.17) is 0 Å². The lowest BCUT2D eigenvalue weighted by Gasteiger charge is -2.30. The Morgan fingerprint density at radius 2 is 1.88 bits per heavy atom. The molecule has 2 atom stereocenters. The van der Waals surface area contributed by atoms with Crippen LogP contribution in [0.1, 0.15) is 36.9 Å². The van der Waals surface area contributed by atoms with E-state index in [2.05, 4.69) is 42.4 Å². The maximum atomic E-state index is 12.4. The zero-order chi connectivity index (χ0) is 17.6. The second kappa shape index (κ2) is 5.75. The number of rotatable bonds is 2. The molecular formula is C20H18N4O. The van der Waals surface area contributed by atoms with Gasteiger partial charge in [0, 0.05) is 0 Å². The fourth-order valence-corrected chi connectivity index (χ4v) is 3.44. The van der Waals surface area contributed by atoms with Gasteiger partial charge in [-0.15, -0.1) is 0 Å².